The molecule has 2 amide bonds. The first kappa shape index (κ1) is 17.6. The van der Waals surface area contributed by atoms with Gasteiger partial charge in [-0.1, -0.05) is 0 Å². The van der Waals surface area contributed by atoms with Crippen molar-refractivity contribution < 1.29 is 24.6 Å². The van der Waals surface area contributed by atoms with Crippen LogP contribution in [0.25, 0.3) is 0 Å². The zero-order valence-corrected chi connectivity index (χ0v) is 11.9. The number of imidazole rings is 1. The number of hydrogen-bond acceptors (Lipinski definition) is 6. The Morgan fingerprint density at radius 1 is 1.41 bits per heavy atom. The van der Waals surface area contributed by atoms with Crippen LogP contribution in [0.15, 0.2) is 12.5 Å². The molecular formula is C12H19N5O5. The predicted octanol–water partition coefficient (Wildman–Crippen LogP) is -2.65. The van der Waals surface area contributed by atoms with E-state index in [2.05, 4.69) is 20.6 Å². The average Bonchev–Trinajstić information content (AvgIpc) is 2.95. The maximum Gasteiger partial charge on any atom is 0.328 e. The van der Waals surface area contributed by atoms with Crippen LogP contribution in [0.3, 0.4) is 0 Å². The van der Waals surface area contributed by atoms with Crippen molar-refractivity contribution in [2.24, 2.45) is 5.73 Å². The lowest BCUT2D eigenvalue weighted by Crippen LogP contribution is -2.56. The van der Waals surface area contributed by atoms with E-state index in [-0.39, 0.29) is 13.0 Å². The van der Waals surface area contributed by atoms with Gasteiger partial charge in [-0.3, -0.25) is 9.59 Å². The van der Waals surface area contributed by atoms with Crippen molar-refractivity contribution in [3.63, 3.8) is 0 Å². The van der Waals surface area contributed by atoms with Gasteiger partial charge in [0.25, 0.3) is 0 Å². The van der Waals surface area contributed by atoms with Gasteiger partial charge in [0.05, 0.1) is 19.0 Å². The Bertz CT molecular complexity index is 516. The van der Waals surface area contributed by atoms with Crippen molar-refractivity contribution in [3.05, 3.63) is 18.2 Å². The quantitative estimate of drug-likeness (QED) is 0.304. The van der Waals surface area contributed by atoms with Crippen LogP contribution in [-0.2, 0) is 20.8 Å². The molecule has 0 spiro atoms. The van der Waals surface area contributed by atoms with Crippen molar-refractivity contribution in [2.45, 2.75) is 31.5 Å². The molecule has 0 aromatic carbocycles. The van der Waals surface area contributed by atoms with Crippen LogP contribution in [0.1, 0.15) is 12.6 Å². The first-order chi connectivity index (χ1) is 10.3. The Morgan fingerprint density at radius 3 is 2.55 bits per heavy atom. The second-order valence-corrected chi connectivity index (χ2v) is 4.67. The molecule has 1 rings (SSSR count). The molecule has 10 heteroatoms. The van der Waals surface area contributed by atoms with Gasteiger partial charge in [0, 0.05) is 18.3 Å². The number of nitrogens with zero attached hydrogens (tertiary/aromatic N) is 1. The third-order valence-corrected chi connectivity index (χ3v) is 2.86. The number of carbonyl (C=O) groups is 3. The summed E-state index contributed by atoms with van der Waals surface area (Å²) < 4.78 is 0. The Kier molecular flexibility index (Phi) is 6.47. The topological polar surface area (TPSA) is 170 Å². The minimum absolute atomic E-state index is 0.0731. The molecule has 1 aromatic heterocycles. The smallest absolute Gasteiger partial charge is 0.328 e. The summed E-state index contributed by atoms with van der Waals surface area (Å²) in [6.45, 7) is 0.924. The highest BCUT2D eigenvalue weighted by Crippen LogP contribution is 2.01. The first-order valence-corrected chi connectivity index (χ1v) is 6.53. The molecule has 7 N–H and O–H groups in total. The van der Waals surface area contributed by atoms with Gasteiger partial charge in [-0.25, -0.2) is 9.78 Å². The number of aliphatic hydroxyl groups is 1. The number of aromatic amines is 1. The van der Waals surface area contributed by atoms with Gasteiger partial charge in [-0.15, -0.1) is 0 Å². The molecule has 0 saturated carbocycles. The fraction of sp³-hybridized carbons (Fsp3) is 0.500. The van der Waals surface area contributed by atoms with E-state index in [4.69, 9.17) is 10.8 Å². The zero-order valence-electron chi connectivity index (χ0n) is 11.9. The van der Waals surface area contributed by atoms with E-state index in [0.717, 1.165) is 0 Å². The van der Waals surface area contributed by atoms with Crippen LogP contribution < -0.4 is 16.4 Å². The third kappa shape index (κ3) is 5.14. The Balaban J connectivity index is 2.82. The van der Waals surface area contributed by atoms with Crippen LogP contribution in [0.5, 0.6) is 0 Å². The Morgan fingerprint density at radius 2 is 2.09 bits per heavy atom. The molecule has 0 aliphatic rings. The van der Waals surface area contributed by atoms with E-state index < -0.39 is 36.0 Å². The van der Waals surface area contributed by atoms with E-state index >= 15 is 0 Å². The summed E-state index contributed by atoms with van der Waals surface area (Å²) in [5.41, 5.74) is 5.76. The summed E-state index contributed by atoms with van der Waals surface area (Å²) in [5, 5.41) is 22.9. The molecule has 0 aliphatic heterocycles. The predicted molar refractivity (Wildman–Crippen MR) is 74.5 cm³/mol. The summed E-state index contributed by atoms with van der Waals surface area (Å²) >= 11 is 0. The molecule has 0 fully saturated rings. The van der Waals surface area contributed by atoms with Crippen molar-refractivity contribution in [1.29, 1.82) is 0 Å². The second-order valence-electron chi connectivity index (χ2n) is 4.67. The first-order valence-electron chi connectivity index (χ1n) is 6.53. The van der Waals surface area contributed by atoms with Crippen LogP contribution in [0.2, 0.25) is 0 Å². The van der Waals surface area contributed by atoms with E-state index in [1.54, 1.807) is 0 Å². The fourth-order valence-corrected chi connectivity index (χ4v) is 1.72. The van der Waals surface area contributed by atoms with Gasteiger partial charge in [-0.2, -0.15) is 0 Å². The van der Waals surface area contributed by atoms with E-state index in [1.807, 2.05) is 0 Å². The molecular weight excluding hydrogens is 294 g/mol. The molecule has 122 valence electrons. The summed E-state index contributed by atoms with van der Waals surface area (Å²) in [7, 11) is 0. The standard InChI is InChI=1S/C12H19N5O5/c1-6(18)10(12(21)22)17-11(20)8(16-9(19)3-13)2-7-4-14-5-15-7/h4-6,8,10,18H,2-3,13H2,1H3,(H,14,15)(H,16,19)(H,17,20)(H,21,22)/t6-,8+,10+/m1/s1. The third-order valence-electron chi connectivity index (χ3n) is 2.86. The van der Waals surface area contributed by atoms with Crippen molar-refractivity contribution in [1.82, 2.24) is 20.6 Å². The second kappa shape index (κ2) is 8.10. The van der Waals surface area contributed by atoms with Gasteiger partial charge in [0.2, 0.25) is 11.8 Å². The number of nitrogens with one attached hydrogen (secondary N) is 3. The Labute approximate surface area is 126 Å². The number of aliphatic hydroxyl groups excluding tert-OH is 1. The maximum atomic E-state index is 12.2. The number of carbonyl (C=O) groups excluding carboxylic acids is 2. The van der Waals surface area contributed by atoms with Crippen LogP contribution >= 0.6 is 0 Å². The van der Waals surface area contributed by atoms with Gasteiger partial charge in [0.15, 0.2) is 6.04 Å². The van der Waals surface area contributed by atoms with E-state index in [1.165, 1.54) is 19.4 Å². The molecule has 0 saturated heterocycles. The molecule has 0 aliphatic carbocycles. The molecule has 10 nitrogen and oxygen atoms in total. The van der Waals surface area contributed by atoms with Crippen molar-refractivity contribution in [3.8, 4) is 0 Å². The molecule has 1 heterocycles. The minimum Gasteiger partial charge on any atom is -0.480 e. The lowest BCUT2D eigenvalue weighted by molar-refractivity contribution is -0.145. The molecule has 0 unspecified atom stereocenters. The van der Waals surface area contributed by atoms with Crippen molar-refractivity contribution in [2.75, 3.05) is 6.54 Å². The normalized spacial score (nSPS) is 14.7. The number of rotatable bonds is 8. The van der Waals surface area contributed by atoms with Gasteiger partial charge in [-0.05, 0) is 6.92 Å². The number of aromatic nitrogens is 2. The van der Waals surface area contributed by atoms with Crippen molar-refractivity contribution >= 4 is 17.8 Å². The zero-order chi connectivity index (χ0) is 16.7. The number of hydrogen-bond donors (Lipinski definition) is 6. The van der Waals surface area contributed by atoms with Gasteiger partial charge >= 0.3 is 5.97 Å². The summed E-state index contributed by atoms with van der Waals surface area (Å²) in [5.74, 6) is -2.69. The molecule has 3 atom stereocenters. The lowest BCUT2D eigenvalue weighted by Gasteiger charge is -2.22. The molecule has 1 aromatic rings. The fourth-order valence-electron chi connectivity index (χ4n) is 1.72. The molecule has 22 heavy (non-hydrogen) atoms. The van der Waals surface area contributed by atoms with Crippen LogP contribution in [0.4, 0.5) is 0 Å². The average molecular weight is 313 g/mol. The largest absolute Gasteiger partial charge is 0.480 e. The monoisotopic (exact) mass is 313 g/mol. The van der Waals surface area contributed by atoms with Crippen LogP contribution in [0, 0.1) is 0 Å². The number of H-pyrrole nitrogens is 1. The number of carboxylic acid groups (broad SMARTS) is 1. The lowest BCUT2D eigenvalue weighted by atomic mass is 10.1. The number of aliphatic carboxylic acids is 1. The summed E-state index contributed by atoms with van der Waals surface area (Å²) in [6.07, 6.45) is 1.66. The maximum absolute atomic E-state index is 12.2. The number of carboxylic acids is 1. The number of amides is 2. The summed E-state index contributed by atoms with van der Waals surface area (Å²) in [4.78, 5) is 41.1. The highest BCUT2D eigenvalue weighted by molar-refractivity contribution is 5.91. The molecule has 0 bridgehead atoms. The highest BCUT2D eigenvalue weighted by atomic mass is 16.4. The number of nitrogens with two attached hydrogens (primary N) is 1. The van der Waals surface area contributed by atoms with Gasteiger partial charge in [0.1, 0.15) is 6.04 Å². The molecule has 0 radical (unpaired) electrons. The highest BCUT2D eigenvalue weighted by Gasteiger charge is 2.29. The SMILES string of the molecule is C[C@@H](O)[C@H](NC(=O)[C@H](Cc1cnc[nH]1)NC(=O)CN)C(=O)O. The Hall–Kier alpha value is -2.46. The summed E-state index contributed by atoms with van der Waals surface area (Å²) in [6, 6.07) is -2.52. The van der Waals surface area contributed by atoms with Crippen LogP contribution in [-0.4, -0.2) is 62.7 Å². The van der Waals surface area contributed by atoms with E-state index in [9.17, 15) is 19.5 Å². The van der Waals surface area contributed by atoms with E-state index in [0.29, 0.717) is 5.69 Å². The minimum atomic E-state index is -1.48. The van der Waals surface area contributed by atoms with Gasteiger partial charge < -0.3 is 31.6 Å².